The monoisotopic (exact) mass is 371 g/mol. The molecule has 2 aromatic rings. The standard InChI is InChI=1S/C18H13NO4S2/c1-21-13-7-11(8-14-16(13)23-10-22-14)9-15-17(20)19(18(24)25-15)12-5-3-2-4-6-12/h2-9H,10H2,1H3/b15-9-. The Labute approximate surface area is 154 Å². The van der Waals surface area contributed by atoms with Gasteiger partial charge in [0.15, 0.2) is 15.8 Å². The van der Waals surface area contributed by atoms with E-state index in [2.05, 4.69) is 0 Å². The van der Waals surface area contributed by atoms with Gasteiger partial charge in [-0.2, -0.15) is 0 Å². The molecule has 0 radical (unpaired) electrons. The molecule has 0 saturated carbocycles. The van der Waals surface area contributed by atoms with Crippen molar-refractivity contribution >= 4 is 46.0 Å². The zero-order chi connectivity index (χ0) is 17.4. The van der Waals surface area contributed by atoms with Gasteiger partial charge in [0.2, 0.25) is 12.5 Å². The van der Waals surface area contributed by atoms with Crippen LogP contribution in [0.5, 0.6) is 17.2 Å². The van der Waals surface area contributed by atoms with Crippen LogP contribution in [-0.2, 0) is 4.79 Å². The highest BCUT2D eigenvalue weighted by Crippen LogP contribution is 2.43. The Morgan fingerprint density at radius 3 is 2.80 bits per heavy atom. The molecule has 2 aliphatic heterocycles. The second-order valence-corrected chi connectivity index (χ2v) is 6.99. The largest absolute Gasteiger partial charge is 0.493 e. The maximum absolute atomic E-state index is 12.8. The van der Waals surface area contributed by atoms with Crippen LogP contribution in [0.3, 0.4) is 0 Å². The molecular weight excluding hydrogens is 358 g/mol. The van der Waals surface area contributed by atoms with Crippen molar-refractivity contribution in [3.63, 3.8) is 0 Å². The number of thiocarbonyl (C=S) groups is 1. The van der Waals surface area contributed by atoms with Gasteiger partial charge >= 0.3 is 0 Å². The molecule has 0 bridgehead atoms. The summed E-state index contributed by atoms with van der Waals surface area (Å²) in [5.74, 6) is 1.61. The Morgan fingerprint density at radius 2 is 2.04 bits per heavy atom. The maximum atomic E-state index is 12.8. The van der Waals surface area contributed by atoms with Crippen LogP contribution < -0.4 is 19.1 Å². The maximum Gasteiger partial charge on any atom is 0.270 e. The molecule has 7 heteroatoms. The number of carbonyl (C=O) groups excluding carboxylic acids is 1. The SMILES string of the molecule is COc1cc(/C=C2\SC(=S)N(c3ccccc3)C2=O)cc2c1OCO2. The van der Waals surface area contributed by atoms with Crippen molar-refractivity contribution in [2.45, 2.75) is 0 Å². The van der Waals surface area contributed by atoms with E-state index in [1.54, 1.807) is 13.2 Å². The molecule has 1 saturated heterocycles. The van der Waals surface area contributed by atoms with Gasteiger partial charge in [-0.3, -0.25) is 9.69 Å². The van der Waals surface area contributed by atoms with Gasteiger partial charge in [-0.15, -0.1) is 0 Å². The number of methoxy groups -OCH3 is 1. The minimum Gasteiger partial charge on any atom is -0.493 e. The minimum absolute atomic E-state index is 0.141. The van der Waals surface area contributed by atoms with E-state index in [1.807, 2.05) is 42.5 Å². The van der Waals surface area contributed by atoms with Crippen molar-refractivity contribution in [1.82, 2.24) is 0 Å². The lowest BCUT2D eigenvalue weighted by Crippen LogP contribution is -2.27. The van der Waals surface area contributed by atoms with Gasteiger partial charge in [-0.25, -0.2) is 0 Å². The molecule has 0 aliphatic carbocycles. The molecule has 2 aromatic carbocycles. The third kappa shape index (κ3) is 2.85. The molecule has 1 fully saturated rings. The number of benzene rings is 2. The van der Waals surface area contributed by atoms with Crippen molar-refractivity contribution in [3.8, 4) is 17.2 Å². The Balaban J connectivity index is 1.69. The Hall–Kier alpha value is -2.51. The second-order valence-electron chi connectivity index (χ2n) is 5.31. The highest BCUT2D eigenvalue weighted by Gasteiger charge is 2.33. The lowest BCUT2D eigenvalue weighted by atomic mass is 10.1. The number of nitrogens with zero attached hydrogens (tertiary/aromatic N) is 1. The smallest absolute Gasteiger partial charge is 0.270 e. The van der Waals surface area contributed by atoms with Crippen LogP contribution in [0.4, 0.5) is 5.69 Å². The first-order valence-electron chi connectivity index (χ1n) is 7.48. The van der Waals surface area contributed by atoms with E-state index in [1.165, 1.54) is 16.7 Å². The van der Waals surface area contributed by atoms with Crippen LogP contribution in [0.25, 0.3) is 6.08 Å². The molecule has 0 unspecified atom stereocenters. The summed E-state index contributed by atoms with van der Waals surface area (Å²) in [7, 11) is 1.57. The summed E-state index contributed by atoms with van der Waals surface area (Å²) in [5, 5.41) is 0. The van der Waals surface area contributed by atoms with Crippen LogP contribution in [0.15, 0.2) is 47.4 Å². The fraction of sp³-hybridized carbons (Fsp3) is 0.111. The molecule has 2 aliphatic rings. The Morgan fingerprint density at radius 1 is 1.24 bits per heavy atom. The summed E-state index contributed by atoms with van der Waals surface area (Å²) >= 11 is 6.65. The number of thioether (sulfide) groups is 1. The number of anilines is 1. The summed E-state index contributed by atoms with van der Waals surface area (Å²) in [6.07, 6.45) is 1.78. The average Bonchev–Trinajstić information content (AvgIpc) is 3.20. The number of hydrogen-bond donors (Lipinski definition) is 0. The fourth-order valence-corrected chi connectivity index (χ4v) is 3.95. The normalized spacial score (nSPS) is 17.5. The van der Waals surface area contributed by atoms with E-state index in [0.29, 0.717) is 26.5 Å². The first-order valence-corrected chi connectivity index (χ1v) is 8.70. The van der Waals surface area contributed by atoms with Crippen LogP contribution in [0, 0.1) is 0 Å². The fourth-order valence-electron chi connectivity index (χ4n) is 2.65. The van der Waals surface area contributed by atoms with Gasteiger partial charge in [-0.05, 0) is 35.9 Å². The van der Waals surface area contributed by atoms with Crippen LogP contribution in [0.1, 0.15) is 5.56 Å². The molecule has 0 aromatic heterocycles. The second kappa shape index (κ2) is 6.42. The third-order valence-electron chi connectivity index (χ3n) is 3.79. The van der Waals surface area contributed by atoms with Crippen molar-refractivity contribution < 1.29 is 19.0 Å². The van der Waals surface area contributed by atoms with Crippen LogP contribution >= 0.6 is 24.0 Å². The number of ether oxygens (including phenoxy) is 3. The molecule has 1 amide bonds. The highest BCUT2D eigenvalue weighted by atomic mass is 32.2. The first-order chi connectivity index (χ1) is 12.2. The number of carbonyl (C=O) groups is 1. The van der Waals surface area contributed by atoms with E-state index >= 15 is 0 Å². The van der Waals surface area contributed by atoms with Crippen molar-refractivity contribution in [2.24, 2.45) is 0 Å². The topological polar surface area (TPSA) is 48.0 Å². The van der Waals surface area contributed by atoms with Crippen molar-refractivity contribution in [2.75, 3.05) is 18.8 Å². The Bertz CT molecular complexity index is 895. The van der Waals surface area contributed by atoms with Crippen molar-refractivity contribution in [1.29, 1.82) is 0 Å². The quantitative estimate of drug-likeness (QED) is 0.604. The molecule has 0 atom stereocenters. The van der Waals surface area contributed by atoms with Crippen LogP contribution in [-0.4, -0.2) is 24.1 Å². The van der Waals surface area contributed by atoms with Gasteiger partial charge in [-0.1, -0.05) is 42.2 Å². The minimum atomic E-state index is -0.141. The van der Waals surface area contributed by atoms with Crippen LogP contribution in [0.2, 0.25) is 0 Å². The van der Waals surface area contributed by atoms with E-state index in [0.717, 1.165) is 11.3 Å². The first kappa shape index (κ1) is 16.0. The number of amides is 1. The number of hydrogen-bond acceptors (Lipinski definition) is 6. The summed E-state index contributed by atoms with van der Waals surface area (Å²) in [6.45, 7) is 0.158. The summed E-state index contributed by atoms with van der Waals surface area (Å²) in [5.41, 5.74) is 1.55. The van der Waals surface area contributed by atoms with Gasteiger partial charge < -0.3 is 14.2 Å². The van der Waals surface area contributed by atoms with Crippen molar-refractivity contribution in [3.05, 3.63) is 52.9 Å². The van der Waals surface area contributed by atoms with E-state index < -0.39 is 0 Å². The molecule has 25 heavy (non-hydrogen) atoms. The predicted octanol–water partition coefficient (Wildman–Crippen LogP) is 3.83. The Kier molecular flexibility index (Phi) is 4.10. The zero-order valence-electron chi connectivity index (χ0n) is 13.2. The lowest BCUT2D eigenvalue weighted by molar-refractivity contribution is -0.113. The zero-order valence-corrected chi connectivity index (χ0v) is 14.9. The van der Waals surface area contributed by atoms with Gasteiger partial charge in [0.1, 0.15) is 0 Å². The molecule has 5 nitrogen and oxygen atoms in total. The van der Waals surface area contributed by atoms with Gasteiger partial charge in [0.05, 0.1) is 17.7 Å². The molecule has 2 heterocycles. The predicted molar refractivity (Wildman–Crippen MR) is 101 cm³/mol. The number of rotatable bonds is 3. The molecule has 4 rings (SSSR count). The molecule has 126 valence electrons. The lowest BCUT2D eigenvalue weighted by Gasteiger charge is -2.13. The summed E-state index contributed by atoms with van der Waals surface area (Å²) in [4.78, 5) is 14.9. The summed E-state index contributed by atoms with van der Waals surface area (Å²) in [6, 6.07) is 13.0. The average molecular weight is 371 g/mol. The van der Waals surface area contributed by atoms with E-state index in [-0.39, 0.29) is 12.7 Å². The van der Waals surface area contributed by atoms with E-state index in [4.69, 9.17) is 26.4 Å². The molecule has 0 spiro atoms. The molecular formula is C18H13NO4S2. The number of para-hydroxylation sites is 1. The molecule has 0 N–H and O–H groups in total. The van der Waals surface area contributed by atoms with E-state index in [9.17, 15) is 4.79 Å². The highest BCUT2D eigenvalue weighted by molar-refractivity contribution is 8.27. The van der Waals surface area contributed by atoms with Gasteiger partial charge in [0.25, 0.3) is 5.91 Å². The third-order valence-corrected chi connectivity index (χ3v) is 5.09. The van der Waals surface area contributed by atoms with Gasteiger partial charge in [0, 0.05) is 0 Å². The number of fused-ring (bicyclic) bond motifs is 1. The summed E-state index contributed by atoms with van der Waals surface area (Å²) < 4.78 is 16.7.